The van der Waals surface area contributed by atoms with Gasteiger partial charge in [0.25, 0.3) is 0 Å². The zero-order chi connectivity index (χ0) is 21.7. The number of carbonyl (C=O) groups is 3. The van der Waals surface area contributed by atoms with E-state index < -0.39 is 5.97 Å². The highest BCUT2D eigenvalue weighted by molar-refractivity contribution is 6.05. The summed E-state index contributed by atoms with van der Waals surface area (Å²) in [5.41, 5.74) is 2.27. The van der Waals surface area contributed by atoms with Crippen molar-refractivity contribution in [2.75, 3.05) is 37.7 Å². The van der Waals surface area contributed by atoms with Crippen LogP contribution in [0.4, 0.5) is 11.4 Å². The molecule has 2 aromatic rings. The van der Waals surface area contributed by atoms with E-state index in [9.17, 15) is 14.4 Å². The van der Waals surface area contributed by atoms with Gasteiger partial charge in [0.05, 0.1) is 19.3 Å². The highest BCUT2D eigenvalue weighted by atomic mass is 16.7. The number of fused-ring (bicyclic) bond motifs is 1. The molecule has 1 amide bonds. The average molecular weight is 414 g/mol. The number of anilines is 2. The first-order valence-electron chi connectivity index (χ1n) is 9.16. The number of hydrogen-bond donors (Lipinski definition) is 2. The molecule has 158 valence electrons. The number of ether oxygens (including phenoxy) is 4. The van der Waals surface area contributed by atoms with Gasteiger partial charge in [0, 0.05) is 17.3 Å². The van der Waals surface area contributed by atoms with E-state index in [0.29, 0.717) is 28.5 Å². The third-order valence-corrected chi connectivity index (χ3v) is 4.39. The van der Waals surface area contributed by atoms with Crippen molar-refractivity contribution < 1.29 is 33.3 Å². The summed E-state index contributed by atoms with van der Waals surface area (Å²) in [5, 5.41) is 5.77. The number of rotatable bonds is 8. The molecule has 2 N–H and O–H groups in total. The summed E-state index contributed by atoms with van der Waals surface area (Å²) in [6.45, 7) is 3.13. The molecular formula is C21H22N2O7. The Morgan fingerprint density at radius 1 is 1.07 bits per heavy atom. The van der Waals surface area contributed by atoms with Crippen LogP contribution in [0.5, 0.6) is 17.2 Å². The number of amides is 1. The monoisotopic (exact) mass is 414 g/mol. The first kappa shape index (κ1) is 21.0. The van der Waals surface area contributed by atoms with Crippen LogP contribution in [0.1, 0.15) is 22.8 Å². The maximum atomic E-state index is 12.4. The normalized spacial score (nSPS) is 11.6. The fourth-order valence-corrected chi connectivity index (χ4v) is 2.83. The zero-order valence-electron chi connectivity index (χ0n) is 16.9. The lowest BCUT2D eigenvalue weighted by molar-refractivity contribution is -0.142. The van der Waals surface area contributed by atoms with E-state index in [4.69, 9.17) is 14.2 Å². The highest BCUT2D eigenvalue weighted by Gasteiger charge is 2.20. The molecule has 1 aliphatic heterocycles. The number of methoxy groups -OCH3 is 1. The Bertz CT molecular complexity index is 988. The van der Waals surface area contributed by atoms with Gasteiger partial charge in [-0.15, -0.1) is 0 Å². The topological polar surface area (TPSA) is 112 Å². The van der Waals surface area contributed by atoms with Crippen LogP contribution in [0.15, 0.2) is 30.3 Å². The van der Waals surface area contributed by atoms with Crippen LogP contribution in [0.3, 0.4) is 0 Å². The van der Waals surface area contributed by atoms with Gasteiger partial charge in [0.15, 0.2) is 23.9 Å². The van der Waals surface area contributed by atoms with Crippen molar-refractivity contribution in [2.24, 2.45) is 0 Å². The molecule has 9 nitrogen and oxygen atoms in total. The number of hydrogen-bond acceptors (Lipinski definition) is 8. The van der Waals surface area contributed by atoms with Crippen molar-refractivity contribution in [3.8, 4) is 17.2 Å². The second-order valence-corrected chi connectivity index (χ2v) is 6.55. The number of nitrogens with one attached hydrogen (secondary N) is 2. The van der Waals surface area contributed by atoms with Crippen LogP contribution >= 0.6 is 0 Å². The standard InChI is InChI=1S/C21H22N2O7/c1-12-6-14(28-10-21(26)27-3)4-5-16(12)22-9-20(25)23-17-8-19-18(29-11-30-19)7-15(17)13(2)24/h4-8,22H,9-11H2,1-3H3,(H,23,25). The lowest BCUT2D eigenvalue weighted by atomic mass is 10.1. The summed E-state index contributed by atoms with van der Waals surface area (Å²) >= 11 is 0. The Kier molecular flexibility index (Phi) is 6.41. The van der Waals surface area contributed by atoms with Gasteiger partial charge in [-0.05, 0) is 43.7 Å². The number of ketones is 1. The summed E-state index contributed by atoms with van der Waals surface area (Å²) in [4.78, 5) is 35.5. The smallest absolute Gasteiger partial charge is 0.343 e. The summed E-state index contributed by atoms with van der Waals surface area (Å²) in [7, 11) is 1.29. The van der Waals surface area contributed by atoms with Crippen molar-refractivity contribution in [1.82, 2.24) is 0 Å². The van der Waals surface area contributed by atoms with Crippen molar-refractivity contribution in [1.29, 1.82) is 0 Å². The van der Waals surface area contributed by atoms with E-state index in [1.807, 2.05) is 6.92 Å². The molecule has 0 unspecified atom stereocenters. The summed E-state index contributed by atoms with van der Waals surface area (Å²) in [6.07, 6.45) is 0. The van der Waals surface area contributed by atoms with Crippen molar-refractivity contribution in [3.05, 3.63) is 41.5 Å². The van der Waals surface area contributed by atoms with E-state index in [1.54, 1.807) is 30.3 Å². The lowest BCUT2D eigenvalue weighted by Crippen LogP contribution is -2.23. The molecule has 0 bridgehead atoms. The maximum absolute atomic E-state index is 12.4. The predicted molar refractivity (Wildman–Crippen MR) is 108 cm³/mol. The second kappa shape index (κ2) is 9.17. The molecule has 0 aromatic heterocycles. The molecule has 0 saturated carbocycles. The molecule has 1 aliphatic rings. The summed E-state index contributed by atoms with van der Waals surface area (Å²) in [5.74, 6) is 0.458. The quantitative estimate of drug-likeness (QED) is 0.501. The third kappa shape index (κ3) is 4.99. The number of aryl methyl sites for hydroxylation is 1. The summed E-state index contributed by atoms with van der Waals surface area (Å²) < 4.78 is 20.5. The van der Waals surface area contributed by atoms with Gasteiger partial charge in [-0.2, -0.15) is 0 Å². The zero-order valence-corrected chi connectivity index (χ0v) is 16.9. The fraction of sp³-hybridized carbons (Fsp3) is 0.286. The largest absolute Gasteiger partial charge is 0.482 e. The SMILES string of the molecule is COC(=O)COc1ccc(NCC(=O)Nc2cc3c(cc2C(C)=O)OCO3)c(C)c1. The minimum absolute atomic E-state index is 0.0189. The summed E-state index contributed by atoms with van der Waals surface area (Å²) in [6, 6.07) is 8.31. The molecule has 3 rings (SSSR count). The Balaban J connectivity index is 1.61. The average Bonchev–Trinajstić information content (AvgIpc) is 3.18. The molecular weight excluding hydrogens is 392 g/mol. The number of esters is 1. The van der Waals surface area contributed by atoms with Crippen molar-refractivity contribution >= 4 is 29.0 Å². The van der Waals surface area contributed by atoms with E-state index in [-0.39, 0.29) is 31.6 Å². The van der Waals surface area contributed by atoms with Gasteiger partial charge in [0.1, 0.15) is 5.75 Å². The van der Waals surface area contributed by atoms with Crippen LogP contribution in [0, 0.1) is 6.92 Å². The van der Waals surface area contributed by atoms with Crippen molar-refractivity contribution in [3.63, 3.8) is 0 Å². The number of benzene rings is 2. The van der Waals surface area contributed by atoms with Crippen LogP contribution in [-0.4, -0.2) is 44.7 Å². The highest BCUT2D eigenvalue weighted by Crippen LogP contribution is 2.37. The Morgan fingerprint density at radius 3 is 2.47 bits per heavy atom. The van der Waals surface area contributed by atoms with Gasteiger partial charge in [-0.25, -0.2) is 4.79 Å². The second-order valence-electron chi connectivity index (χ2n) is 6.55. The Labute approximate surface area is 173 Å². The first-order valence-corrected chi connectivity index (χ1v) is 9.16. The van der Waals surface area contributed by atoms with Crippen molar-refractivity contribution in [2.45, 2.75) is 13.8 Å². The minimum atomic E-state index is -0.472. The Morgan fingerprint density at radius 2 is 1.80 bits per heavy atom. The Hall–Kier alpha value is -3.75. The van der Waals surface area contributed by atoms with E-state index >= 15 is 0 Å². The molecule has 0 fully saturated rings. The van der Waals surface area contributed by atoms with Gasteiger partial charge in [-0.1, -0.05) is 0 Å². The lowest BCUT2D eigenvalue weighted by Gasteiger charge is -2.13. The number of carbonyl (C=O) groups excluding carboxylic acids is 3. The van der Waals surface area contributed by atoms with E-state index in [0.717, 1.165) is 11.3 Å². The molecule has 0 spiro atoms. The maximum Gasteiger partial charge on any atom is 0.343 e. The number of Topliss-reactive ketones (excluding diaryl/α,β-unsaturated/α-hetero) is 1. The molecule has 0 aliphatic carbocycles. The predicted octanol–water partition coefficient (Wildman–Crippen LogP) is 2.53. The van der Waals surface area contributed by atoms with Crippen LogP contribution < -0.4 is 24.8 Å². The molecule has 9 heteroatoms. The van der Waals surface area contributed by atoms with Gasteiger partial charge < -0.3 is 29.6 Å². The third-order valence-electron chi connectivity index (χ3n) is 4.39. The van der Waals surface area contributed by atoms with Crippen LogP contribution in [0.25, 0.3) is 0 Å². The van der Waals surface area contributed by atoms with Gasteiger partial charge >= 0.3 is 5.97 Å². The first-order chi connectivity index (χ1) is 14.4. The fourth-order valence-electron chi connectivity index (χ4n) is 2.83. The van der Waals surface area contributed by atoms with Gasteiger partial charge in [-0.3, -0.25) is 9.59 Å². The van der Waals surface area contributed by atoms with Crippen LogP contribution in [-0.2, 0) is 14.3 Å². The molecule has 0 saturated heterocycles. The van der Waals surface area contributed by atoms with E-state index in [1.165, 1.54) is 14.0 Å². The molecule has 0 radical (unpaired) electrons. The molecule has 1 heterocycles. The molecule has 0 atom stereocenters. The molecule has 30 heavy (non-hydrogen) atoms. The van der Waals surface area contributed by atoms with Crippen LogP contribution in [0.2, 0.25) is 0 Å². The molecule has 2 aromatic carbocycles. The van der Waals surface area contributed by atoms with E-state index in [2.05, 4.69) is 15.4 Å². The van der Waals surface area contributed by atoms with Gasteiger partial charge in [0.2, 0.25) is 12.7 Å². The minimum Gasteiger partial charge on any atom is -0.482 e.